The highest BCUT2D eigenvalue weighted by Gasteiger charge is 2.38. The van der Waals surface area contributed by atoms with Crippen molar-refractivity contribution in [2.75, 3.05) is 6.26 Å². The van der Waals surface area contributed by atoms with Crippen LogP contribution in [0.25, 0.3) is 22.4 Å². The number of sulfonamides is 1. The van der Waals surface area contributed by atoms with Crippen molar-refractivity contribution in [1.29, 1.82) is 0 Å². The van der Waals surface area contributed by atoms with Crippen LogP contribution in [0.5, 0.6) is 0 Å². The fourth-order valence-corrected chi connectivity index (χ4v) is 4.18. The smallest absolute Gasteiger partial charge is 0.267 e. The van der Waals surface area contributed by atoms with E-state index in [1.54, 1.807) is 24.4 Å². The van der Waals surface area contributed by atoms with Crippen molar-refractivity contribution < 1.29 is 27.6 Å². The molecule has 0 spiro atoms. The summed E-state index contributed by atoms with van der Waals surface area (Å²) in [5.41, 5.74) is 1.36. The summed E-state index contributed by atoms with van der Waals surface area (Å²) in [5.74, 6) is -1.08. The second kappa shape index (κ2) is 8.41. The van der Waals surface area contributed by atoms with E-state index >= 15 is 0 Å². The molecule has 3 aromatic rings. The van der Waals surface area contributed by atoms with Crippen LogP contribution in [0, 0.1) is 0 Å². The van der Waals surface area contributed by atoms with Gasteiger partial charge in [-0.3, -0.25) is 14.8 Å². The van der Waals surface area contributed by atoms with Gasteiger partial charge in [0.05, 0.1) is 17.2 Å². The molecule has 11 nitrogen and oxygen atoms in total. The molecule has 0 unspecified atom stereocenters. The van der Waals surface area contributed by atoms with E-state index in [1.165, 1.54) is 37.8 Å². The number of hydroxylamine groups is 1. The van der Waals surface area contributed by atoms with Gasteiger partial charge in [0.15, 0.2) is 0 Å². The Morgan fingerprint density at radius 3 is 2.45 bits per heavy atom. The first-order valence-electron chi connectivity index (χ1n) is 9.04. The minimum absolute atomic E-state index is 0.213. The molecule has 12 heteroatoms. The molecule has 1 atom stereocenters. The number of nitrogens with one attached hydrogen (secondary N) is 3. The first-order valence-corrected chi connectivity index (χ1v) is 10.9. The number of fused-ring (bicyclic) bond motifs is 1. The summed E-state index contributed by atoms with van der Waals surface area (Å²) in [5, 5.41) is 12.2. The second-order valence-electron chi connectivity index (χ2n) is 7.45. The maximum atomic E-state index is 12.7. The molecule has 2 amide bonds. The Kier molecular flexibility index (Phi) is 6.06. The van der Waals surface area contributed by atoms with E-state index in [-0.39, 0.29) is 5.56 Å². The van der Waals surface area contributed by atoms with Crippen LogP contribution < -0.4 is 15.5 Å². The van der Waals surface area contributed by atoms with Crippen molar-refractivity contribution in [2.45, 2.75) is 25.4 Å². The van der Waals surface area contributed by atoms with Crippen LogP contribution in [0.2, 0.25) is 0 Å². The SMILES string of the molecule is CC(C)(NS(C)(=O)=O)[C@H](NC(=O)c1ccc(-c2cc3cncnc3o2)cc1)C(=O)NO. The third kappa shape index (κ3) is 5.23. The maximum absolute atomic E-state index is 12.7. The number of rotatable bonds is 7. The van der Waals surface area contributed by atoms with Crippen LogP contribution in [0.3, 0.4) is 0 Å². The number of benzene rings is 1. The summed E-state index contributed by atoms with van der Waals surface area (Å²) in [6.45, 7) is 2.81. The van der Waals surface area contributed by atoms with Crippen LogP contribution in [0.15, 0.2) is 47.3 Å². The monoisotopic (exact) mass is 447 g/mol. The van der Waals surface area contributed by atoms with Crippen molar-refractivity contribution in [3.63, 3.8) is 0 Å². The molecule has 31 heavy (non-hydrogen) atoms. The first kappa shape index (κ1) is 22.3. The predicted molar refractivity (Wildman–Crippen MR) is 110 cm³/mol. The Balaban J connectivity index is 1.81. The van der Waals surface area contributed by atoms with Gasteiger partial charge in [-0.25, -0.2) is 28.6 Å². The van der Waals surface area contributed by atoms with E-state index in [0.29, 0.717) is 17.0 Å². The topological polar surface area (TPSA) is 164 Å². The molecule has 164 valence electrons. The molecule has 0 fully saturated rings. The van der Waals surface area contributed by atoms with Gasteiger partial charge < -0.3 is 9.73 Å². The fraction of sp³-hybridized carbons (Fsp3) is 0.263. The molecule has 0 radical (unpaired) electrons. The highest BCUT2D eigenvalue weighted by molar-refractivity contribution is 7.88. The molecule has 0 aliphatic carbocycles. The van der Waals surface area contributed by atoms with Crippen molar-refractivity contribution >= 4 is 32.9 Å². The van der Waals surface area contributed by atoms with E-state index in [0.717, 1.165) is 11.6 Å². The lowest BCUT2D eigenvalue weighted by atomic mass is 9.94. The summed E-state index contributed by atoms with van der Waals surface area (Å²) in [4.78, 5) is 32.7. The van der Waals surface area contributed by atoms with Gasteiger partial charge in [-0.1, -0.05) is 12.1 Å². The van der Waals surface area contributed by atoms with Crippen LogP contribution >= 0.6 is 0 Å². The van der Waals surface area contributed by atoms with Crippen molar-refractivity contribution in [3.05, 3.63) is 48.4 Å². The van der Waals surface area contributed by atoms with Gasteiger partial charge in [0.25, 0.3) is 11.8 Å². The number of nitrogens with zero attached hydrogens (tertiary/aromatic N) is 2. The summed E-state index contributed by atoms with van der Waals surface area (Å²) >= 11 is 0. The van der Waals surface area contributed by atoms with Crippen molar-refractivity contribution in [2.24, 2.45) is 0 Å². The van der Waals surface area contributed by atoms with Gasteiger partial charge in [-0.15, -0.1) is 0 Å². The molecular weight excluding hydrogens is 426 g/mol. The predicted octanol–water partition coefficient (Wildman–Crippen LogP) is 0.821. The van der Waals surface area contributed by atoms with Crippen molar-refractivity contribution in [3.8, 4) is 11.3 Å². The zero-order valence-electron chi connectivity index (χ0n) is 16.9. The summed E-state index contributed by atoms with van der Waals surface area (Å²) in [7, 11) is -3.70. The fourth-order valence-electron chi connectivity index (χ4n) is 3.11. The van der Waals surface area contributed by atoms with E-state index in [2.05, 4.69) is 20.0 Å². The Morgan fingerprint density at radius 1 is 1.19 bits per heavy atom. The lowest BCUT2D eigenvalue weighted by Crippen LogP contribution is -2.64. The number of amides is 2. The molecule has 0 aliphatic heterocycles. The molecule has 1 aromatic carbocycles. The number of carbonyl (C=O) groups is 2. The molecule has 4 N–H and O–H groups in total. The Morgan fingerprint density at radius 2 is 1.87 bits per heavy atom. The van der Waals surface area contributed by atoms with E-state index in [1.807, 2.05) is 0 Å². The average molecular weight is 447 g/mol. The highest BCUT2D eigenvalue weighted by atomic mass is 32.2. The minimum atomic E-state index is -3.70. The van der Waals surface area contributed by atoms with Gasteiger partial charge in [0.2, 0.25) is 15.7 Å². The van der Waals surface area contributed by atoms with E-state index < -0.39 is 33.4 Å². The number of hydrogen-bond donors (Lipinski definition) is 4. The normalized spacial score (nSPS) is 13.0. The molecule has 2 aromatic heterocycles. The molecule has 0 saturated carbocycles. The zero-order valence-corrected chi connectivity index (χ0v) is 17.7. The lowest BCUT2D eigenvalue weighted by Gasteiger charge is -2.33. The molecule has 0 saturated heterocycles. The number of furan rings is 1. The highest BCUT2D eigenvalue weighted by Crippen LogP contribution is 2.26. The summed E-state index contributed by atoms with van der Waals surface area (Å²) < 4.78 is 31.2. The average Bonchev–Trinajstić information content (AvgIpc) is 3.13. The van der Waals surface area contributed by atoms with Crippen LogP contribution in [0.4, 0.5) is 0 Å². The molecule has 0 bridgehead atoms. The Labute approximate surface area is 177 Å². The number of carbonyl (C=O) groups excluding carboxylic acids is 2. The molecule has 3 rings (SSSR count). The maximum Gasteiger partial charge on any atom is 0.267 e. The van der Waals surface area contributed by atoms with Gasteiger partial charge in [0, 0.05) is 17.3 Å². The lowest BCUT2D eigenvalue weighted by molar-refractivity contribution is -0.132. The first-order chi connectivity index (χ1) is 14.5. The Bertz CT molecular complexity index is 1190. The minimum Gasteiger partial charge on any atom is -0.438 e. The largest absolute Gasteiger partial charge is 0.438 e. The van der Waals surface area contributed by atoms with Crippen LogP contribution in [-0.4, -0.2) is 53.2 Å². The molecule has 0 aliphatic rings. The Hall–Kier alpha value is -3.35. The van der Waals surface area contributed by atoms with E-state index in [4.69, 9.17) is 9.62 Å². The quantitative estimate of drug-likeness (QED) is 0.305. The molecular formula is C19H21N5O6S. The summed E-state index contributed by atoms with van der Waals surface area (Å²) in [6.07, 6.45) is 3.92. The number of hydrogen-bond acceptors (Lipinski definition) is 8. The van der Waals surface area contributed by atoms with Gasteiger partial charge >= 0.3 is 0 Å². The number of aromatic nitrogens is 2. The second-order valence-corrected chi connectivity index (χ2v) is 9.20. The van der Waals surface area contributed by atoms with Crippen LogP contribution in [0.1, 0.15) is 24.2 Å². The van der Waals surface area contributed by atoms with Crippen LogP contribution in [-0.2, 0) is 14.8 Å². The van der Waals surface area contributed by atoms with Gasteiger partial charge in [-0.05, 0) is 32.0 Å². The standard InChI is InChI=1S/C19H21N5O6S/c1-19(2,24-31(3,28)29)15(17(26)23-27)22-16(25)12-6-4-11(5-7-12)14-8-13-9-20-10-21-18(13)30-14/h4-10,15,24,27H,1-3H3,(H,22,25)(H,23,26)/t15-/m1/s1. The van der Waals surface area contributed by atoms with Gasteiger partial charge in [0.1, 0.15) is 18.1 Å². The third-order valence-corrected chi connectivity index (χ3v) is 5.34. The van der Waals surface area contributed by atoms with E-state index in [9.17, 15) is 18.0 Å². The summed E-state index contributed by atoms with van der Waals surface area (Å²) in [6, 6.07) is 6.73. The molecule has 2 heterocycles. The zero-order chi connectivity index (χ0) is 22.8. The van der Waals surface area contributed by atoms with Gasteiger partial charge in [-0.2, -0.15) is 0 Å². The van der Waals surface area contributed by atoms with Crippen molar-refractivity contribution in [1.82, 2.24) is 25.5 Å². The third-order valence-electron chi connectivity index (χ3n) is 4.45.